The van der Waals surface area contributed by atoms with E-state index >= 15 is 0 Å². The van der Waals surface area contributed by atoms with Crippen LogP contribution in [-0.2, 0) is 0 Å². The average molecular weight is 336 g/mol. The van der Waals surface area contributed by atoms with Crippen LogP contribution in [0.1, 0.15) is 16.1 Å². The van der Waals surface area contributed by atoms with Crippen molar-refractivity contribution in [2.45, 2.75) is 6.92 Å². The van der Waals surface area contributed by atoms with E-state index in [2.05, 4.69) is 15.3 Å². The maximum atomic E-state index is 12.5. The molecule has 2 aromatic heterocycles. The Kier molecular flexibility index (Phi) is 3.47. The van der Waals surface area contributed by atoms with Gasteiger partial charge in [-0.3, -0.25) is 9.78 Å². The maximum Gasteiger partial charge on any atom is 0.272 e. The predicted octanol–water partition coefficient (Wildman–Crippen LogP) is 4.93. The molecule has 0 saturated carbocycles. The van der Waals surface area contributed by atoms with Gasteiger partial charge in [-0.05, 0) is 36.8 Å². The van der Waals surface area contributed by atoms with Crippen molar-refractivity contribution in [3.05, 3.63) is 71.0 Å². The van der Waals surface area contributed by atoms with Gasteiger partial charge in [0, 0.05) is 17.0 Å². The van der Waals surface area contributed by atoms with Crippen LogP contribution in [0.4, 0.5) is 5.69 Å². The molecule has 4 rings (SSSR count). The number of hydrogen-bond donors (Lipinski definition) is 2. The molecule has 0 fully saturated rings. The van der Waals surface area contributed by atoms with Gasteiger partial charge in [0.2, 0.25) is 0 Å². The van der Waals surface area contributed by atoms with Crippen LogP contribution in [0.25, 0.3) is 21.8 Å². The first-order chi connectivity index (χ1) is 11.6. The third-order valence-corrected chi connectivity index (χ3v) is 4.30. The number of carbonyl (C=O) groups excluding carboxylic acids is 1. The number of aryl methyl sites for hydroxylation is 1. The Morgan fingerprint density at radius 1 is 1.12 bits per heavy atom. The van der Waals surface area contributed by atoms with Crippen LogP contribution in [-0.4, -0.2) is 15.9 Å². The summed E-state index contributed by atoms with van der Waals surface area (Å²) in [6, 6.07) is 15.2. The van der Waals surface area contributed by atoms with Gasteiger partial charge in [-0.25, -0.2) is 0 Å². The molecule has 0 bridgehead atoms. The van der Waals surface area contributed by atoms with E-state index in [0.717, 1.165) is 27.4 Å². The van der Waals surface area contributed by atoms with Crippen molar-refractivity contribution in [2.75, 3.05) is 5.32 Å². The molecule has 0 saturated heterocycles. The van der Waals surface area contributed by atoms with Crippen LogP contribution in [0, 0.1) is 6.92 Å². The van der Waals surface area contributed by atoms with Gasteiger partial charge in [-0.2, -0.15) is 0 Å². The molecule has 0 spiro atoms. The first kappa shape index (κ1) is 14.7. The van der Waals surface area contributed by atoms with E-state index < -0.39 is 0 Å². The zero-order valence-corrected chi connectivity index (χ0v) is 13.7. The summed E-state index contributed by atoms with van der Waals surface area (Å²) in [5.74, 6) is -0.235. The van der Waals surface area contributed by atoms with E-state index in [1.165, 1.54) is 0 Å². The van der Waals surface area contributed by atoms with E-state index in [1.807, 2.05) is 49.4 Å². The number of amides is 1. The average Bonchev–Trinajstić information content (AvgIpc) is 3.02. The number of pyridine rings is 1. The Hall–Kier alpha value is -2.85. The Balaban J connectivity index is 1.73. The number of nitrogens with zero attached hydrogens (tertiary/aromatic N) is 1. The molecule has 0 aliphatic heterocycles. The Morgan fingerprint density at radius 2 is 1.96 bits per heavy atom. The summed E-state index contributed by atoms with van der Waals surface area (Å²) < 4.78 is 0. The van der Waals surface area contributed by atoms with E-state index in [9.17, 15) is 4.79 Å². The molecule has 4 nitrogen and oxygen atoms in total. The molecule has 1 amide bonds. The van der Waals surface area contributed by atoms with Crippen molar-refractivity contribution in [3.8, 4) is 0 Å². The molecule has 2 N–H and O–H groups in total. The highest BCUT2D eigenvalue weighted by molar-refractivity contribution is 6.34. The largest absolute Gasteiger partial charge is 0.349 e. The first-order valence-corrected chi connectivity index (χ1v) is 7.93. The monoisotopic (exact) mass is 335 g/mol. The fourth-order valence-corrected chi connectivity index (χ4v) is 3.05. The van der Waals surface area contributed by atoms with Crippen molar-refractivity contribution < 1.29 is 4.79 Å². The standard InChI is InChI=1S/C19H14ClN3O/c1-11-4-7-15(14(20)9-11)23-19(24)16-10-13-6-5-12-3-2-8-21-17(12)18(13)22-16/h2-10,22H,1H3,(H,23,24). The fourth-order valence-electron chi connectivity index (χ4n) is 2.77. The number of carbonyl (C=O) groups is 1. The number of H-pyrrole nitrogens is 1. The molecule has 5 heteroatoms. The Morgan fingerprint density at radius 3 is 2.79 bits per heavy atom. The summed E-state index contributed by atoms with van der Waals surface area (Å²) in [7, 11) is 0. The number of rotatable bonds is 2. The highest BCUT2D eigenvalue weighted by Gasteiger charge is 2.13. The van der Waals surface area contributed by atoms with Crippen LogP contribution in [0.3, 0.4) is 0 Å². The fraction of sp³-hybridized carbons (Fsp3) is 0.0526. The zero-order valence-electron chi connectivity index (χ0n) is 12.9. The lowest BCUT2D eigenvalue weighted by Crippen LogP contribution is -2.12. The summed E-state index contributed by atoms with van der Waals surface area (Å²) >= 11 is 6.18. The lowest BCUT2D eigenvalue weighted by molar-refractivity contribution is 0.102. The van der Waals surface area contributed by atoms with Crippen LogP contribution < -0.4 is 5.32 Å². The van der Waals surface area contributed by atoms with E-state index in [-0.39, 0.29) is 5.91 Å². The molecular formula is C19H14ClN3O. The smallest absolute Gasteiger partial charge is 0.272 e. The third-order valence-electron chi connectivity index (χ3n) is 3.98. The third kappa shape index (κ3) is 2.51. The molecule has 118 valence electrons. The molecule has 0 atom stereocenters. The predicted molar refractivity (Wildman–Crippen MR) is 97.7 cm³/mol. The quantitative estimate of drug-likeness (QED) is 0.545. The number of benzene rings is 2. The second kappa shape index (κ2) is 5.65. The minimum Gasteiger partial charge on any atom is -0.349 e. The van der Waals surface area contributed by atoms with Crippen molar-refractivity contribution in [3.63, 3.8) is 0 Å². The van der Waals surface area contributed by atoms with Crippen molar-refractivity contribution in [1.29, 1.82) is 0 Å². The van der Waals surface area contributed by atoms with E-state index in [0.29, 0.717) is 16.4 Å². The van der Waals surface area contributed by atoms with Gasteiger partial charge < -0.3 is 10.3 Å². The van der Waals surface area contributed by atoms with Gasteiger partial charge in [0.05, 0.1) is 21.7 Å². The Labute approximate surface area is 143 Å². The molecule has 0 aliphatic rings. The van der Waals surface area contributed by atoms with E-state index in [4.69, 9.17) is 11.6 Å². The number of aromatic nitrogens is 2. The van der Waals surface area contributed by atoms with Crippen LogP contribution in [0.15, 0.2) is 54.7 Å². The second-order valence-electron chi connectivity index (χ2n) is 5.73. The number of fused-ring (bicyclic) bond motifs is 3. The van der Waals surface area contributed by atoms with Gasteiger partial charge in [0.25, 0.3) is 5.91 Å². The zero-order chi connectivity index (χ0) is 16.7. The van der Waals surface area contributed by atoms with E-state index in [1.54, 1.807) is 12.3 Å². The number of hydrogen-bond acceptors (Lipinski definition) is 2. The number of nitrogens with one attached hydrogen (secondary N) is 2. The van der Waals surface area contributed by atoms with Crippen molar-refractivity contribution in [1.82, 2.24) is 9.97 Å². The van der Waals surface area contributed by atoms with Gasteiger partial charge in [0.15, 0.2) is 0 Å². The summed E-state index contributed by atoms with van der Waals surface area (Å²) in [5, 5.41) is 5.33. The molecule has 0 aliphatic carbocycles. The lowest BCUT2D eigenvalue weighted by atomic mass is 10.1. The molecular weight excluding hydrogens is 322 g/mol. The van der Waals surface area contributed by atoms with Gasteiger partial charge in [0.1, 0.15) is 5.69 Å². The van der Waals surface area contributed by atoms with Gasteiger partial charge in [-0.15, -0.1) is 0 Å². The highest BCUT2D eigenvalue weighted by atomic mass is 35.5. The summed E-state index contributed by atoms with van der Waals surface area (Å²) in [5.41, 5.74) is 3.81. The van der Waals surface area contributed by atoms with Crippen molar-refractivity contribution >= 4 is 45.0 Å². The molecule has 2 aromatic carbocycles. The maximum absolute atomic E-state index is 12.5. The number of anilines is 1. The normalized spacial score (nSPS) is 11.1. The van der Waals surface area contributed by atoms with Gasteiger partial charge >= 0.3 is 0 Å². The topological polar surface area (TPSA) is 57.8 Å². The Bertz CT molecular complexity index is 1080. The summed E-state index contributed by atoms with van der Waals surface area (Å²) in [4.78, 5) is 20.1. The lowest BCUT2D eigenvalue weighted by Gasteiger charge is -2.06. The van der Waals surface area contributed by atoms with Crippen LogP contribution in [0.5, 0.6) is 0 Å². The summed E-state index contributed by atoms with van der Waals surface area (Å²) in [6.45, 7) is 1.95. The number of halogens is 1. The second-order valence-corrected chi connectivity index (χ2v) is 6.13. The summed E-state index contributed by atoms with van der Waals surface area (Å²) in [6.07, 6.45) is 1.74. The first-order valence-electron chi connectivity index (χ1n) is 7.56. The highest BCUT2D eigenvalue weighted by Crippen LogP contribution is 2.26. The minimum absolute atomic E-state index is 0.235. The van der Waals surface area contributed by atoms with Gasteiger partial charge in [-0.1, -0.05) is 35.9 Å². The minimum atomic E-state index is -0.235. The SMILES string of the molecule is Cc1ccc(NC(=O)c2cc3ccc4cccnc4c3[nH]2)c(Cl)c1. The molecule has 0 radical (unpaired) electrons. The van der Waals surface area contributed by atoms with Crippen LogP contribution in [0.2, 0.25) is 5.02 Å². The molecule has 0 unspecified atom stereocenters. The molecule has 4 aromatic rings. The molecule has 2 heterocycles. The number of aromatic amines is 1. The van der Waals surface area contributed by atoms with Crippen molar-refractivity contribution in [2.24, 2.45) is 0 Å². The van der Waals surface area contributed by atoms with Crippen LogP contribution >= 0.6 is 11.6 Å². The molecule has 24 heavy (non-hydrogen) atoms.